The number of benzene rings is 2. The van der Waals surface area contributed by atoms with Gasteiger partial charge < -0.3 is 19.5 Å². The average Bonchev–Trinajstić information content (AvgIpc) is 3.28. The van der Waals surface area contributed by atoms with Gasteiger partial charge in [-0.25, -0.2) is 0 Å². The summed E-state index contributed by atoms with van der Waals surface area (Å²) in [5.41, 5.74) is 4.62. The van der Waals surface area contributed by atoms with E-state index in [-0.39, 0.29) is 0 Å². The van der Waals surface area contributed by atoms with Crippen molar-refractivity contribution in [3.05, 3.63) is 59.2 Å². The van der Waals surface area contributed by atoms with Gasteiger partial charge in [0, 0.05) is 32.2 Å². The highest BCUT2D eigenvalue weighted by atomic mass is 16.5. The van der Waals surface area contributed by atoms with Crippen LogP contribution in [0.2, 0.25) is 0 Å². The first-order valence-electron chi connectivity index (χ1n) is 14.6. The van der Waals surface area contributed by atoms with Gasteiger partial charge in [-0.15, -0.1) is 0 Å². The summed E-state index contributed by atoms with van der Waals surface area (Å²) in [6.45, 7) is 9.36. The normalized spacial score (nSPS) is 31.3. The van der Waals surface area contributed by atoms with Crippen LogP contribution in [0.15, 0.2) is 42.5 Å². The molecule has 3 aliphatic carbocycles. The molecule has 0 bridgehead atoms. The monoisotopic (exact) mass is 504 g/mol. The molecule has 4 aliphatic rings. The van der Waals surface area contributed by atoms with Crippen molar-refractivity contribution in [3.63, 3.8) is 0 Å². The number of methoxy groups -OCH3 is 1. The van der Waals surface area contributed by atoms with E-state index in [0.717, 1.165) is 69.1 Å². The maximum absolute atomic E-state index is 6.25. The minimum absolute atomic E-state index is 0.423. The molecule has 3 fully saturated rings. The number of hydrogen-bond donors (Lipinski definition) is 1. The third-order valence-corrected chi connectivity index (χ3v) is 10.2. The van der Waals surface area contributed by atoms with E-state index < -0.39 is 0 Å². The lowest BCUT2D eigenvalue weighted by Gasteiger charge is -2.51. The molecule has 3 unspecified atom stereocenters. The minimum atomic E-state index is 0.423. The molecule has 6 rings (SSSR count). The largest absolute Gasteiger partial charge is 0.493 e. The van der Waals surface area contributed by atoms with E-state index in [2.05, 4.69) is 53.5 Å². The van der Waals surface area contributed by atoms with E-state index in [0.29, 0.717) is 24.0 Å². The Morgan fingerprint density at radius 3 is 2.68 bits per heavy atom. The summed E-state index contributed by atoms with van der Waals surface area (Å²) in [7, 11) is 1.78. The molecule has 2 aromatic rings. The number of nitrogens with zero attached hydrogens (tertiary/aromatic N) is 1. The Balaban J connectivity index is 1.13. The van der Waals surface area contributed by atoms with Crippen molar-refractivity contribution >= 4 is 0 Å². The second kappa shape index (κ2) is 11.0. The van der Waals surface area contributed by atoms with Crippen molar-refractivity contribution in [3.8, 4) is 11.5 Å². The van der Waals surface area contributed by atoms with Crippen molar-refractivity contribution in [2.75, 3.05) is 46.5 Å². The van der Waals surface area contributed by atoms with Gasteiger partial charge in [-0.1, -0.05) is 37.3 Å². The van der Waals surface area contributed by atoms with Crippen molar-refractivity contribution < 1.29 is 14.2 Å². The number of ether oxygens (including phenoxy) is 3. The number of fused-ring (bicyclic) bond motifs is 5. The molecule has 200 valence electrons. The summed E-state index contributed by atoms with van der Waals surface area (Å²) in [6.07, 6.45) is 7.78. The Hall–Kier alpha value is -2.08. The average molecular weight is 505 g/mol. The zero-order chi connectivity index (χ0) is 25.2. The van der Waals surface area contributed by atoms with Crippen LogP contribution in [0.1, 0.15) is 61.6 Å². The van der Waals surface area contributed by atoms with Crippen LogP contribution < -0.4 is 14.8 Å². The molecule has 2 aromatic carbocycles. The van der Waals surface area contributed by atoms with Gasteiger partial charge in [0.25, 0.3) is 0 Å². The molecule has 0 spiro atoms. The Morgan fingerprint density at radius 1 is 1.03 bits per heavy atom. The van der Waals surface area contributed by atoms with E-state index in [9.17, 15) is 0 Å². The summed E-state index contributed by atoms with van der Waals surface area (Å²) in [4.78, 5) is 2.55. The lowest BCUT2D eigenvalue weighted by molar-refractivity contribution is 0.0306. The highest BCUT2D eigenvalue weighted by Gasteiger charge is 2.54. The number of nitrogens with one attached hydrogen (secondary N) is 1. The van der Waals surface area contributed by atoms with E-state index in [1.165, 1.54) is 48.8 Å². The summed E-state index contributed by atoms with van der Waals surface area (Å²) in [6, 6.07) is 15.7. The smallest absolute Gasteiger partial charge is 0.161 e. The maximum atomic E-state index is 6.25. The lowest BCUT2D eigenvalue weighted by atomic mass is 9.55. The molecule has 37 heavy (non-hydrogen) atoms. The Morgan fingerprint density at radius 2 is 1.86 bits per heavy atom. The van der Waals surface area contributed by atoms with Gasteiger partial charge in [0.15, 0.2) is 11.5 Å². The van der Waals surface area contributed by atoms with Crippen molar-refractivity contribution in [2.45, 2.75) is 64.0 Å². The summed E-state index contributed by atoms with van der Waals surface area (Å²) in [5, 5.41) is 4.02. The van der Waals surface area contributed by atoms with Gasteiger partial charge in [-0.05, 0) is 90.5 Å². The highest BCUT2D eigenvalue weighted by molar-refractivity contribution is 5.50. The summed E-state index contributed by atoms with van der Waals surface area (Å²) in [5.74, 6) is 4.04. The third kappa shape index (κ3) is 5.03. The van der Waals surface area contributed by atoms with Crippen LogP contribution in [-0.2, 0) is 17.8 Å². The van der Waals surface area contributed by atoms with E-state index >= 15 is 0 Å². The van der Waals surface area contributed by atoms with Crippen LogP contribution in [0, 0.1) is 17.3 Å². The fraction of sp³-hybridized carbons (Fsp3) is 0.625. The number of hydrogen-bond acceptors (Lipinski definition) is 5. The van der Waals surface area contributed by atoms with Crippen LogP contribution in [0.5, 0.6) is 11.5 Å². The molecule has 5 heteroatoms. The zero-order valence-electron chi connectivity index (χ0n) is 22.7. The molecular formula is C32H44N2O3. The Bertz CT molecular complexity index is 1050. The number of rotatable bonds is 8. The second-order valence-electron chi connectivity index (χ2n) is 12.0. The van der Waals surface area contributed by atoms with Crippen molar-refractivity contribution in [1.29, 1.82) is 0 Å². The topological polar surface area (TPSA) is 43.0 Å². The van der Waals surface area contributed by atoms with E-state index in [4.69, 9.17) is 14.2 Å². The molecule has 1 N–H and O–H groups in total. The number of aryl methyl sites for hydroxylation is 1. The molecule has 0 amide bonds. The Labute approximate surface area is 222 Å². The van der Waals surface area contributed by atoms with Gasteiger partial charge in [0.1, 0.15) is 6.61 Å². The number of morpholine rings is 1. The second-order valence-corrected chi connectivity index (χ2v) is 12.0. The zero-order valence-corrected chi connectivity index (χ0v) is 22.7. The summed E-state index contributed by atoms with van der Waals surface area (Å²) >= 11 is 0. The van der Waals surface area contributed by atoms with Gasteiger partial charge in [0.05, 0.1) is 20.3 Å². The quantitative estimate of drug-likeness (QED) is 0.520. The van der Waals surface area contributed by atoms with Crippen LogP contribution >= 0.6 is 0 Å². The maximum Gasteiger partial charge on any atom is 0.161 e. The first kappa shape index (κ1) is 25.2. The molecule has 2 saturated carbocycles. The van der Waals surface area contributed by atoms with E-state index in [1.54, 1.807) is 7.11 Å². The highest BCUT2D eigenvalue weighted by Crippen LogP contribution is 2.61. The van der Waals surface area contributed by atoms with Crippen molar-refractivity contribution in [1.82, 2.24) is 10.2 Å². The third-order valence-electron chi connectivity index (χ3n) is 10.2. The van der Waals surface area contributed by atoms with Gasteiger partial charge in [-0.3, -0.25) is 4.90 Å². The summed E-state index contributed by atoms with van der Waals surface area (Å²) < 4.78 is 17.6. The van der Waals surface area contributed by atoms with Gasteiger partial charge >= 0.3 is 0 Å². The minimum Gasteiger partial charge on any atom is -0.493 e. The molecule has 0 aromatic heterocycles. The van der Waals surface area contributed by atoms with Gasteiger partial charge in [-0.2, -0.15) is 0 Å². The molecule has 5 atom stereocenters. The van der Waals surface area contributed by atoms with Crippen LogP contribution in [0.25, 0.3) is 0 Å². The molecule has 5 nitrogen and oxygen atoms in total. The first-order chi connectivity index (χ1) is 18.2. The predicted molar refractivity (Wildman–Crippen MR) is 147 cm³/mol. The van der Waals surface area contributed by atoms with Crippen LogP contribution in [-0.4, -0.2) is 57.4 Å². The molecule has 1 saturated heterocycles. The molecule has 0 radical (unpaired) electrons. The SMILES string of the molecule is COc1cc2c(cc1OCc1ccccc1)CCC1C2CC[C@@]2(C)C1CC[C@@H]2NCCN1CCOCC1. The van der Waals surface area contributed by atoms with Crippen LogP contribution in [0.3, 0.4) is 0 Å². The van der Waals surface area contributed by atoms with Crippen LogP contribution in [0.4, 0.5) is 0 Å². The standard InChI is InChI=1S/C32H44N2O3/c1-32-13-12-25-26(28(32)10-11-31(32)33-14-15-34-16-18-36-19-17-34)9-8-24-20-30(29(35-2)21-27(24)25)37-22-23-6-4-3-5-7-23/h3-7,20-21,25-26,28,31,33H,8-19,22H2,1-2H3/t25?,26?,28?,31-,32-/m0/s1. The lowest BCUT2D eigenvalue weighted by Crippen LogP contribution is -2.50. The Kier molecular flexibility index (Phi) is 7.47. The molecular weight excluding hydrogens is 460 g/mol. The van der Waals surface area contributed by atoms with Gasteiger partial charge in [0.2, 0.25) is 0 Å². The molecule has 1 heterocycles. The predicted octanol–water partition coefficient (Wildman–Crippen LogP) is 5.42. The fourth-order valence-corrected chi connectivity index (χ4v) is 8.14. The van der Waals surface area contributed by atoms with E-state index in [1.807, 2.05) is 6.07 Å². The fourth-order valence-electron chi connectivity index (χ4n) is 8.14. The first-order valence-corrected chi connectivity index (χ1v) is 14.6. The van der Waals surface area contributed by atoms with Crippen molar-refractivity contribution in [2.24, 2.45) is 17.3 Å². The molecule has 1 aliphatic heterocycles.